The molecule has 1 rings (SSSR count). The first-order valence-corrected chi connectivity index (χ1v) is 3.66. The third kappa shape index (κ3) is 2.33. The maximum atomic E-state index is 12.0. The number of halogens is 3. The molecule has 72 valence electrons. The van der Waals surface area contributed by atoms with Gasteiger partial charge in [-0.2, -0.15) is 13.2 Å². The van der Waals surface area contributed by atoms with Crippen molar-refractivity contribution in [1.29, 1.82) is 0 Å². The molecule has 0 aromatic heterocycles. The standard InChI is InChI=1S/C6H11F3N2O/c7-6(8,9)5(10)4-3-11-1-2-12-4/h4-5,11H,1-3,10H2. The fourth-order valence-corrected chi connectivity index (χ4v) is 1.03. The molecule has 2 atom stereocenters. The molecule has 2 unspecified atom stereocenters. The molecular formula is C6H11F3N2O. The highest BCUT2D eigenvalue weighted by Crippen LogP contribution is 2.22. The summed E-state index contributed by atoms with van der Waals surface area (Å²) in [5.41, 5.74) is 4.94. The molecule has 0 aromatic rings. The molecule has 1 aliphatic heterocycles. The van der Waals surface area contributed by atoms with Crippen LogP contribution in [-0.4, -0.2) is 38.0 Å². The van der Waals surface area contributed by atoms with Gasteiger partial charge < -0.3 is 15.8 Å². The highest BCUT2D eigenvalue weighted by atomic mass is 19.4. The van der Waals surface area contributed by atoms with Crippen LogP contribution in [0.4, 0.5) is 13.2 Å². The molecule has 0 spiro atoms. The minimum atomic E-state index is -4.37. The first-order chi connectivity index (χ1) is 5.52. The van der Waals surface area contributed by atoms with Gasteiger partial charge in [0, 0.05) is 13.1 Å². The van der Waals surface area contributed by atoms with Crippen molar-refractivity contribution in [2.75, 3.05) is 19.7 Å². The quantitative estimate of drug-likeness (QED) is 0.596. The lowest BCUT2D eigenvalue weighted by atomic mass is 10.1. The average Bonchev–Trinajstić information content (AvgIpc) is 2.03. The molecular weight excluding hydrogens is 173 g/mol. The third-order valence-corrected chi connectivity index (χ3v) is 1.73. The molecule has 3 N–H and O–H groups in total. The van der Waals surface area contributed by atoms with Crippen molar-refractivity contribution in [2.45, 2.75) is 18.3 Å². The summed E-state index contributed by atoms with van der Waals surface area (Å²) in [4.78, 5) is 0. The van der Waals surface area contributed by atoms with Gasteiger partial charge in [-0.15, -0.1) is 0 Å². The molecule has 1 aliphatic rings. The van der Waals surface area contributed by atoms with Gasteiger partial charge in [0.2, 0.25) is 0 Å². The van der Waals surface area contributed by atoms with Gasteiger partial charge in [0.15, 0.2) is 0 Å². The molecule has 0 aliphatic carbocycles. The normalized spacial score (nSPS) is 28.5. The smallest absolute Gasteiger partial charge is 0.374 e. The van der Waals surface area contributed by atoms with Crippen molar-refractivity contribution in [3.05, 3.63) is 0 Å². The summed E-state index contributed by atoms with van der Waals surface area (Å²) in [5.74, 6) is 0. The second-order valence-corrected chi connectivity index (χ2v) is 2.68. The zero-order valence-electron chi connectivity index (χ0n) is 6.40. The van der Waals surface area contributed by atoms with Gasteiger partial charge in [-0.1, -0.05) is 0 Å². The van der Waals surface area contributed by atoms with Crippen molar-refractivity contribution in [3.63, 3.8) is 0 Å². The number of nitrogens with two attached hydrogens (primary N) is 1. The van der Waals surface area contributed by atoms with E-state index in [1.165, 1.54) is 0 Å². The zero-order chi connectivity index (χ0) is 9.19. The van der Waals surface area contributed by atoms with Crippen LogP contribution in [0.5, 0.6) is 0 Å². The molecule has 0 aromatic carbocycles. The van der Waals surface area contributed by atoms with Gasteiger partial charge in [0.25, 0.3) is 0 Å². The maximum Gasteiger partial charge on any atom is 0.406 e. The van der Waals surface area contributed by atoms with Crippen LogP contribution in [-0.2, 0) is 4.74 Å². The number of alkyl halides is 3. The molecule has 6 heteroatoms. The molecule has 1 fully saturated rings. The Morgan fingerprint density at radius 2 is 2.17 bits per heavy atom. The van der Waals surface area contributed by atoms with Gasteiger partial charge in [-0.05, 0) is 0 Å². The molecule has 0 amide bonds. The molecule has 3 nitrogen and oxygen atoms in total. The summed E-state index contributed by atoms with van der Waals surface area (Å²) in [6, 6.07) is -1.88. The van der Waals surface area contributed by atoms with E-state index in [9.17, 15) is 13.2 Å². The number of hydrogen-bond acceptors (Lipinski definition) is 3. The Kier molecular flexibility index (Phi) is 2.92. The summed E-state index contributed by atoms with van der Waals surface area (Å²) >= 11 is 0. The van der Waals surface area contributed by atoms with Crippen molar-refractivity contribution in [3.8, 4) is 0 Å². The molecule has 0 radical (unpaired) electrons. The van der Waals surface area contributed by atoms with Crippen LogP contribution in [0.1, 0.15) is 0 Å². The first kappa shape index (κ1) is 9.76. The summed E-state index contributed by atoms with van der Waals surface area (Å²) < 4.78 is 40.9. The minimum absolute atomic E-state index is 0.167. The second-order valence-electron chi connectivity index (χ2n) is 2.68. The largest absolute Gasteiger partial charge is 0.406 e. The lowest BCUT2D eigenvalue weighted by Gasteiger charge is -2.29. The van der Waals surface area contributed by atoms with Crippen molar-refractivity contribution < 1.29 is 17.9 Å². The van der Waals surface area contributed by atoms with E-state index in [-0.39, 0.29) is 13.2 Å². The minimum Gasteiger partial charge on any atom is -0.374 e. The van der Waals surface area contributed by atoms with E-state index >= 15 is 0 Å². The molecule has 0 bridgehead atoms. The summed E-state index contributed by atoms with van der Waals surface area (Å²) in [5, 5.41) is 2.78. The topological polar surface area (TPSA) is 47.3 Å². The fraction of sp³-hybridized carbons (Fsp3) is 1.00. The van der Waals surface area contributed by atoms with Crippen LogP contribution in [0.3, 0.4) is 0 Å². The Morgan fingerprint density at radius 3 is 2.58 bits per heavy atom. The Morgan fingerprint density at radius 1 is 1.50 bits per heavy atom. The van der Waals surface area contributed by atoms with Gasteiger partial charge in [-0.25, -0.2) is 0 Å². The second kappa shape index (κ2) is 3.59. The fourth-order valence-electron chi connectivity index (χ4n) is 1.03. The number of ether oxygens (including phenoxy) is 1. The van der Waals surface area contributed by atoms with Crippen LogP contribution in [0, 0.1) is 0 Å². The predicted octanol–water partition coefficient (Wildman–Crippen LogP) is -0.136. The Hall–Kier alpha value is -0.330. The van der Waals surface area contributed by atoms with Crippen LogP contribution in [0.2, 0.25) is 0 Å². The zero-order valence-corrected chi connectivity index (χ0v) is 6.40. The van der Waals surface area contributed by atoms with Crippen molar-refractivity contribution in [1.82, 2.24) is 5.32 Å². The van der Waals surface area contributed by atoms with Crippen molar-refractivity contribution in [2.24, 2.45) is 5.73 Å². The number of hydrogen-bond donors (Lipinski definition) is 2. The number of rotatable bonds is 1. The van der Waals surface area contributed by atoms with Crippen LogP contribution in [0.15, 0.2) is 0 Å². The first-order valence-electron chi connectivity index (χ1n) is 3.66. The van der Waals surface area contributed by atoms with E-state index in [0.717, 1.165) is 0 Å². The van der Waals surface area contributed by atoms with Gasteiger partial charge in [0.05, 0.1) is 12.7 Å². The summed E-state index contributed by atoms with van der Waals surface area (Å²) in [7, 11) is 0. The monoisotopic (exact) mass is 184 g/mol. The van der Waals surface area contributed by atoms with E-state index in [2.05, 4.69) is 5.32 Å². The van der Waals surface area contributed by atoms with E-state index in [1.807, 2.05) is 0 Å². The lowest BCUT2D eigenvalue weighted by Crippen LogP contribution is -2.55. The highest BCUT2D eigenvalue weighted by molar-refractivity contribution is 4.83. The average molecular weight is 184 g/mol. The van der Waals surface area contributed by atoms with E-state index in [1.54, 1.807) is 0 Å². The van der Waals surface area contributed by atoms with Crippen LogP contribution < -0.4 is 11.1 Å². The lowest BCUT2D eigenvalue weighted by molar-refractivity contribution is -0.178. The predicted molar refractivity (Wildman–Crippen MR) is 36.6 cm³/mol. The van der Waals surface area contributed by atoms with E-state index < -0.39 is 18.3 Å². The van der Waals surface area contributed by atoms with Crippen LogP contribution in [0.25, 0.3) is 0 Å². The highest BCUT2D eigenvalue weighted by Gasteiger charge is 2.43. The Labute approximate surface area is 68.1 Å². The summed E-state index contributed by atoms with van der Waals surface area (Å²) in [6.07, 6.45) is -5.32. The third-order valence-electron chi connectivity index (χ3n) is 1.73. The Bertz CT molecular complexity index is 144. The molecule has 12 heavy (non-hydrogen) atoms. The van der Waals surface area contributed by atoms with Crippen molar-refractivity contribution >= 4 is 0 Å². The molecule has 0 saturated carbocycles. The SMILES string of the molecule is NC(C1CNCCO1)C(F)(F)F. The summed E-state index contributed by atoms with van der Waals surface area (Å²) in [6.45, 7) is 1.04. The van der Waals surface area contributed by atoms with E-state index in [4.69, 9.17) is 10.5 Å². The van der Waals surface area contributed by atoms with Gasteiger partial charge in [-0.3, -0.25) is 0 Å². The Balaban J connectivity index is 2.45. The van der Waals surface area contributed by atoms with Gasteiger partial charge >= 0.3 is 6.18 Å². The number of nitrogens with one attached hydrogen (secondary N) is 1. The van der Waals surface area contributed by atoms with E-state index in [0.29, 0.717) is 6.54 Å². The number of morpholine rings is 1. The molecule has 1 heterocycles. The van der Waals surface area contributed by atoms with Crippen LogP contribution >= 0.6 is 0 Å². The van der Waals surface area contributed by atoms with Gasteiger partial charge in [0.1, 0.15) is 6.04 Å². The maximum absolute atomic E-state index is 12.0. The molecule has 1 saturated heterocycles.